The lowest BCUT2D eigenvalue weighted by Gasteiger charge is -2.35. The van der Waals surface area contributed by atoms with E-state index in [2.05, 4.69) is 26.9 Å². The molecular weight excluding hydrogens is 390 g/mol. The summed E-state index contributed by atoms with van der Waals surface area (Å²) in [5.74, 6) is -0.133. The van der Waals surface area contributed by atoms with Gasteiger partial charge >= 0.3 is 0 Å². The molecular formula is C13H20BrN3O3S2. The second-order valence-electron chi connectivity index (χ2n) is 5.38. The molecule has 0 bridgehead atoms. The van der Waals surface area contributed by atoms with Gasteiger partial charge in [0.2, 0.25) is 15.9 Å². The highest BCUT2D eigenvalue weighted by Crippen LogP contribution is 2.23. The van der Waals surface area contributed by atoms with E-state index in [0.717, 1.165) is 34.0 Å². The van der Waals surface area contributed by atoms with Crippen molar-refractivity contribution < 1.29 is 13.2 Å². The van der Waals surface area contributed by atoms with Crippen LogP contribution in [0.4, 0.5) is 0 Å². The standard InChI is InChI=1S/C13H20BrN3O3S2/c1-15(22(2,19)20)10-13(18)17-7-5-16(6-8-17)9-11-3-4-12(14)21-11/h3-4H,5-10H2,1-2H3. The van der Waals surface area contributed by atoms with Crippen molar-refractivity contribution >= 4 is 43.2 Å². The van der Waals surface area contributed by atoms with E-state index in [-0.39, 0.29) is 12.5 Å². The molecule has 2 heterocycles. The molecule has 124 valence electrons. The van der Waals surface area contributed by atoms with E-state index in [4.69, 9.17) is 0 Å². The maximum absolute atomic E-state index is 12.1. The van der Waals surface area contributed by atoms with Crippen molar-refractivity contribution in [2.75, 3.05) is 46.0 Å². The van der Waals surface area contributed by atoms with Gasteiger partial charge in [0.25, 0.3) is 0 Å². The van der Waals surface area contributed by atoms with Gasteiger partial charge in [-0.25, -0.2) is 8.42 Å². The van der Waals surface area contributed by atoms with Crippen molar-refractivity contribution in [2.45, 2.75) is 6.54 Å². The first-order chi connectivity index (χ1) is 10.3. The van der Waals surface area contributed by atoms with Gasteiger partial charge in [0, 0.05) is 44.6 Å². The average molecular weight is 410 g/mol. The average Bonchev–Trinajstić information content (AvgIpc) is 2.83. The van der Waals surface area contributed by atoms with Crippen molar-refractivity contribution in [1.82, 2.24) is 14.1 Å². The van der Waals surface area contributed by atoms with E-state index >= 15 is 0 Å². The Bertz CT molecular complexity index is 624. The Balaban J connectivity index is 1.80. The summed E-state index contributed by atoms with van der Waals surface area (Å²) in [6, 6.07) is 4.15. The Morgan fingerprint density at radius 2 is 1.95 bits per heavy atom. The molecule has 0 radical (unpaired) electrons. The van der Waals surface area contributed by atoms with Crippen LogP contribution in [0.1, 0.15) is 4.88 Å². The van der Waals surface area contributed by atoms with Crippen LogP contribution < -0.4 is 0 Å². The lowest BCUT2D eigenvalue weighted by molar-refractivity contribution is -0.133. The van der Waals surface area contributed by atoms with Gasteiger partial charge in [0.15, 0.2) is 0 Å². The third-order valence-corrected chi connectivity index (χ3v) is 6.53. The van der Waals surface area contributed by atoms with Crippen molar-refractivity contribution in [3.63, 3.8) is 0 Å². The number of halogens is 1. The van der Waals surface area contributed by atoms with Gasteiger partial charge in [-0.2, -0.15) is 4.31 Å². The molecule has 9 heteroatoms. The fraction of sp³-hybridized carbons (Fsp3) is 0.615. The van der Waals surface area contributed by atoms with Crippen LogP contribution in [-0.4, -0.2) is 74.5 Å². The molecule has 0 spiro atoms. The summed E-state index contributed by atoms with van der Waals surface area (Å²) in [7, 11) is -1.88. The monoisotopic (exact) mass is 409 g/mol. The number of carbonyl (C=O) groups is 1. The molecule has 6 nitrogen and oxygen atoms in total. The van der Waals surface area contributed by atoms with E-state index in [1.54, 1.807) is 16.2 Å². The second kappa shape index (κ2) is 7.39. The molecule has 2 rings (SSSR count). The SMILES string of the molecule is CN(CC(=O)N1CCN(Cc2ccc(Br)s2)CC1)S(C)(=O)=O. The number of hydrogen-bond acceptors (Lipinski definition) is 5. The first-order valence-corrected chi connectivity index (χ1v) is 10.4. The zero-order valence-corrected chi connectivity index (χ0v) is 15.9. The first-order valence-electron chi connectivity index (χ1n) is 6.91. The minimum absolute atomic E-state index is 0.0866. The van der Waals surface area contributed by atoms with Crippen molar-refractivity contribution in [3.05, 3.63) is 20.8 Å². The lowest BCUT2D eigenvalue weighted by atomic mass is 10.3. The number of sulfonamides is 1. The molecule has 1 amide bonds. The number of thiophene rings is 1. The minimum Gasteiger partial charge on any atom is -0.339 e. The molecule has 1 aromatic heterocycles. The maximum atomic E-state index is 12.1. The highest BCUT2D eigenvalue weighted by atomic mass is 79.9. The van der Waals surface area contributed by atoms with Crippen LogP contribution in [0.25, 0.3) is 0 Å². The topological polar surface area (TPSA) is 60.9 Å². The van der Waals surface area contributed by atoms with Crippen LogP contribution >= 0.6 is 27.3 Å². The number of hydrogen-bond donors (Lipinski definition) is 0. The predicted molar refractivity (Wildman–Crippen MR) is 91.3 cm³/mol. The zero-order valence-electron chi connectivity index (χ0n) is 12.7. The molecule has 1 aliphatic heterocycles. The number of likely N-dealkylation sites (N-methyl/N-ethyl adjacent to an activating group) is 1. The summed E-state index contributed by atoms with van der Waals surface area (Å²) in [5.41, 5.74) is 0. The second-order valence-corrected chi connectivity index (χ2v) is 10.0. The van der Waals surface area contributed by atoms with Crippen LogP contribution in [0.5, 0.6) is 0 Å². The minimum atomic E-state index is -3.31. The number of carbonyl (C=O) groups excluding carboxylic acids is 1. The molecule has 1 saturated heterocycles. The third-order valence-electron chi connectivity index (χ3n) is 3.66. The van der Waals surface area contributed by atoms with E-state index in [1.807, 2.05) is 6.07 Å². The molecule has 0 aliphatic carbocycles. The van der Waals surface area contributed by atoms with Crippen LogP contribution in [-0.2, 0) is 21.4 Å². The Labute approximate surface area is 143 Å². The highest BCUT2D eigenvalue weighted by molar-refractivity contribution is 9.11. The Morgan fingerprint density at radius 3 is 2.45 bits per heavy atom. The largest absolute Gasteiger partial charge is 0.339 e. The predicted octanol–water partition coefficient (Wildman–Crippen LogP) is 1.05. The van der Waals surface area contributed by atoms with Crippen LogP contribution in [0.3, 0.4) is 0 Å². The Hall–Kier alpha value is -0.480. The van der Waals surface area contributed by atoms with Crippen LogP contribution in [0.2, 0.25) is 0 Å². The molecule has 0 atom stereocenters. The number of amides is 1. The highest BCUT2D eigenvalue weighted by Gasteiger charge is 2.24. The summed E-state index contributed by atoms with van der Waals surface area (Å²) in [6.45, 7) is 3.71. The van der Waals surface area contributed by atoms with E-state index in [9.17, 15) is 13.2 Å². The molecule has 0 N–H and O–H groups in total. The summed E-state index contributed by atoms with van der Waals surface area (Å²) in [5, 5.41) is 0. The number of rotatable bonds is 5. The lowest BCUT2D eigenvalue weighted by Crippen LogP contribution is -2.50. The maximum Gasteiger partial charge on any atom is 0.237 e. The summed E-state index contributed by atoms with van der Waals surface area (Å²) < 4.78 is 24.9. The van der Waals surface area contributed by atoms with Gasteiger partial charge in [-0.3, -0.25) is 9.69 Å². The van der Waals surface area contributed by atoms with Crippen LogP contribution in [0.15, 0.2) is 15.9 Å². The molecule has 1 fully saturated rings. The molecule has 0 unspecified atom stereocenters. The number of nitrogens with zero attached hydrogens (tertiary/aromatic N) is 3. The molecule has 1 aromatic rings. The quantitative estimate of drug-likeness (QED) is 0.728. The Morgan fingerprint density at radius 1 is 1.32 bits per heavy atom. The Kier molecular flexibility index (Phi) is 6.00. The van der Waals surface area contributed by atoms with Gasteiger partial charge in [-0.15, -0.1) is 11.3 Å². The van der Waals surface area contributed by atoms with Crippen LogP contribution in [0, 0.1) is 0 Å². The van der Waals surface area contributed by atoms with Gasteiger partial charge in [-0.1, -0.05) is 0 Å². The third kappa shape index (κ3) is 5.02. The van der Waals surface area contributed by atoms with Crippen molar-refractivity contribution in [2.24, 2.45) is 0 Å². The fourth-order valence-corrected chi connectivity index (χ4v) is 4.09. The van der Waals surface area contributed by atoms with Crippen molar-refractivity contribution in [1.29, 1.82) is 0 Å². The van der Waals surface area contributed by atoms with E-state index < -0.39 is 10.0 Å². The normalized spacial score (nSPS) is 17.2. The zero-order chi connectivity index (χ0) is 16.3. The van der Waals surface area contributed by atoms with Gasteiger partial charge in [0.05, 0.1) is 16.6 Å². The van der Waals surface area contributed by atoms with E-state index in [0.29, 0.717) is 13.1 Å². The smallest absolute Gasteiger partial charge is 0.237 e. The van der Waals surface area contributed by atoms with Crippen molar-refractivity contribution in [3.8, 4) is 0 Å². The molecule has 1 aliphatic rings. The molecule has 0 aromatic carbocycles. The molecule has 22 heavy (non-hydrogen) atoms. The summed E-state index contributed by atoms with van der Waals surface area (Å²) >= 11 is 5.18. The van der Waals surface area contributed by atoms with Gasteiger partial charge < -0.3 is 4.90 Å². The van der Waals surface area contributed by atoms with E-state index in [1.165, 1.54) is 11.9 Å². The summed E-state index contributed by atoms with van der Waals surface area (Å²) in [4.78, 5) is 17.5. The van der Waals surface area contributed by atoms with Gasteiger partial charge in [0.1, 0.15) is 0 Å². The first kappa shape index (κ1) is 17.9. The molecule has 0 saturated carbocycles. The summed E-state index contributed by atoms with van der Waals surface area (Å²) in [6.07, 6.45) is 1.11. The fourth-order valence-electron chi connectivity index (χ4n) is 2.22. The van der Waals surface area contributed by atoms with Gasteiger partial charge in [-0.05, 0) is 28.1 Å². The number of piperazine rings is 1.